The second-order valence-electron chi connectivity index (χ2n) is 7.32. The largest absolute Gasteiger partial charge is 0.490 e. The molecule has 0 aliphatic carbocycles. The predicted octanol–water partition coefficient (Wildman–Crippen LogP) is 6.67. The van der Waals surface area contributed by atoms with E-state index >= 15 is 0 Å². The van der Waals surface area contributed by atoms with Gasteiger partial charge in [0.2, 0.25) is 0 Å². The van der Waals surface area contributed by atoms with Gasteiger partial charge in [0.15, 0.2) is 11.5 Å². The van der Waals surface area contributed by atoms with E-state index in [4.69, 9.17) is 9.47 Å². The van der Waals surface area contributed by atoms with Crippen LogP contribution in [0.5, 0.6) is 11.5 Å². The second kappa shape index (κ2) is 12.0. The smallest absolute Gasteiger partial charge is 0.266 e. The molecule has 0 fully saturated rings. The zero-order valence-electron chi connectivity index (χ0n) is 18.9. The molecule has 0 aromatic heterocycles. The van der Waals surface area contributed by atoms with E-state index in [0.717, 1.165) is 12.0 Å². The molecular formula is C27H24BrFN2O3. The molecule has 0 bridgehead atoms. The number of amides is 1. The monoisotopic (exact) mass is 522 g/mol. The normalized spacial score (nSPS) is 11.0. The van der Waals surface area contributed by atoms with Gasteiger partial charge in [-0.25, -0.2) is 4.39 Å². The van der Waals surface area contributed by atoms with Crippen LogP contribution >= 0.6 is 15.9 Å². The molecule has 0 aliphatic rings. The van der Waals surface area contributed by atoms with E-state index in [-0.39, 0.29) is 18.0 Å². The lowest BCUT2D eigenvalue weighted by Gasteiger charge is -2.15. The van der Waals surface area contributed by atoms with Gasteiger partial charge in [0, 0.05) is 5.69 Å². The van der Waals surface area contributed by atoms with Crippen molar-refractivity contribution in [1.29, 1.82) is 5.26 Å². The van der Waals surface area contributed by atoms with Gasteiger partial charge in [0.1, 0.15) is 24.1 Å². The molecule has 1 N–H and O–H groups in total. The van der Waals surface area contributed by atoms with Crippen molar-refractivity contribution in [3.05, 3.63) is 93.2 Å². The van der Waals surface area contributed by atoms with Crippen LogP contribution in [0.3, 0.4) is 0 Å². The van der Waals surface area contributed by atoms with Crippen LogP contribution in [0.1, 0.15) is 30.5 Å². The fourth-order valence-electron chi connectivity index (χ4n) is 3.31. The molecule has 174 valence electrons. The molecule has 0 spiro atoms. The Morgan fingerprint density at radius 1 is 1.12 bits per heavy atom. The molecular weight excluding hydrogens is 499 g/mol. The number of carbonyl (C=O) groups excluding carboxylic acids is 1. The Hall–Kier alpha value is -3.63. The minimum Gasteiger partial charge on any atom is -0.490 e. The first-order valence-corrected chi connectivity index (χ1v) is 11.6. The van der Waals surface area contributed by atoms with Crippen molar-refractivity contribution in [2.45, 2.75) is 26.9 Å². The number of nitrogens with zero attached hydrogens (tertiary/aromatic N) is 1. The molecule has 0 saturated heterocycles. The van der Waals surface area contributed by atoms with Crippen molar-refractivity contribution >= 4 is 33.6 Å². The van der Waals surface area contributed by atoms with Crippen LogP contribution in [0.15, 0.2) is 70.7 Å². The fourth-order valence-corrected chi connectivity index (χ4v) is 3.89. The number of aryl methyl sites for hydroxylation is 1. The zero-order valence-corrected chi connectivity index (χ0v) is 20.5. The van der Waals surface area contributed by atoms with Gasteiger partial charge in [-0.1, -0.05) is 37.3 Å². The highest BCUT2D eigenvalue weighted by Gasteiger charge is 2.15. The first-order chi connectivity index (χ1) is 16.4. The van der Waals surface area contributed by atoms with Crippen LogP contribution in [-0.2, 0) is 17.8 Å². The Bertz CT molecular complexity index is 1250. The Balaban J connectivity index is 1.86. The summed E-state index contributed by atoms with van der Waals surface area (Å²) in [5.41, 5.74) is 2.87. The van der Waals surface area contributed by atoms with Gasteiger partial charge in [-0.15, -0.1) is 0 Å². The molecule has 7 heteroatoms. The summed E-state index contributed by atoms with van der Waals surface area (Å²) in [7, 11) is 0. The van der Waals surface area contributed by atoms with E-state index in [1.807, 2.05) is 38.1 Å². The molecule has 3 aromatic carbocycles. The van der Waals surface area contributed by atoms with Gasteiger partial charge < -0.3 is 14.8 Å². The van der Waals surface area contributed by atoms with Crippen LogP contribution in [0, 0.1) is 17.1 Å². The Morgan fingerprint density at radius 2 is 1.91 bits per heavy atom. The number of halogens is 2. The number of nitrogens with one attached hydrogen (secondary N) is 1. The predicted molar refractivity (Wildman–Crippen MR) is 134 cm³/mol. The lowest BCUT2D eigenvalue weighted by Crippen LogP contribution is -2.14. The highest BCUT2D eigenvalue weighted by atomic mass is 79.9. The van der Waals surface area contributed by atoms with Gasteiger partial charge in [0.05, 0.1) is 11.1 Å². The number of hydrogen-bond donors (Lipinski definition) is 1. The number of anilines is 1. The summed E-state index contributed by atoms with van der Waals surface area (Å²) in [5.74, 6) is 0.0510. The summed E-state index contributed by atoms with van der Waals surface area (Å²) < 4.78 is 25.7. The van der Waals surface area contributed by atoms with Gasteiger partial charge in [-0.2, -0.15) is 5.26 Å². The maximum Gasteiger partial charge on any atom is 0.266 e. The fraction of sp³-hybridized carbons (Fsp3) is 0.185. The number of rotatable bonds is 9. The number of nitriles is 1. The summed E-state index contributed by atoms with van der Waals surface area (Å²) in [4.78, 5) is 12.8. The van der Waals surface area contributed by atoms with E-state index in [2.05, 4.69) is 21.2 Å². The second-order valence-corrected chi connectivity index (χ2v) is 8.17. The molecule has 0 saturated carbocycles. The minimum absolute atomic E-state index is 0.0475. The summed E-state index contributed by atoms with van der Waals surface area (Å²) >= 11 is 3.49. The van der Waals surface area contributed by atoms with Crippen molar-refractivity contribution < 1.29 is 18.7 Å². The molecule has 0 atom stereocenters. The van der Waals surface area contributed by atoms with E-state index < -0.39 is 5.91 Å². The molecule has 5 nitrogen and oxygen atoms in total. The zero-order chi connectivity index (χ0) is 24.5. The quantitative estimate of drug-likeness (QED) is 0.251. The molecule has 3 aromatic rings. The average Bonchev–Trinajstić information content (AvgIpc) is 2.82. The van der Waals surface area contributed by atoms with Crippen molar-refractivity contribution in [1.82, 2.24) is 0 Å². The number of benzene rings is 3. The van der Waals surface area contributed by atoms with Gasteiger partial charge >= 0.3 is 0 Å². The maximum atomic E-state index is 13.5. The summed E-state index contributed by atoms with van der Waals surface area (Å²) in [6.45, 7) is 4.37. The maximum absolute atomic E-state index is 13.5. The number of hydrogen-bond acceptors (Lipinski definition) is 4. The highest BCUT2D eigenvalue weighted by Crippen LogP contribution is 2.38. The summed E-state index contributed by atoms with van der Waals surface area (Å²) in [6, 6.07) is 19.0. The number of ether oxygens (including phenoxy) is 2. The molecule has 0 radical (unpaired) electrons. The Kier molecular flexibility index (Phi) is 8.83. The number of para-hydroxylation sites is 1. The van der Waals surface area contributed by atoms with Crippen molar-refractivity contribution in [3.63, 3.8) is 0 Å². The average molecular weight is 523 g/mol. The van der Waals surface area contributed by atoms with Crippen molar-refractivity contribution in [2.24, 2.45) is 0 Å². The Morgan fingerprint density at radius 3 is 2.62 bits per heavy atom. The van der Waals surface area contributed by atoms with E-state index in [0.29, 0.717) is 39.4 Å². The van der Waals surface area contributed by atoms with Gasteiger partial charge in [-0.3, -0.25) is 4.79 Å². The van der Waals surface area contributed by atoms with Crippen molar-refractivity contribution in [3.8, 4) is 17.6 Å². The van der Waals surface area contributed by atoms with E-state index in [1.54, 1.807) is 30.3 Å². The van der Waals surface area contributed by atoms with Crippen LogP contribution < -0.4 is 14.8 Å². The third kappa shape index (κ3) is 6.46. The van der Waals surface area contributed by atoms with Crippen LogP contribution in [0.25, 0.3) is 6.08 Å². The third-order valence-corrected chi connectivity index (χ3v) is 5.52. The molecule has 1 amide bonds. The first kappa shape index (κ1) is 25.0. The van der Waals surface area contributed by atoms with Crippen LogP contribution in [0.4, 0.5) is 10.1 Å². The molecule has 0 aliphatic heterocycles. The minimum atomic E-state index is -0.496. The van der Waals surface area contributed by atoms with E-state index in [1.165, 1.54) is 18.2 Å². The van der Waals surface area contributed by atoms with Gasteiger partial charge in [-0.05, 0) is 82.4 Å². The summed E-state index contributed by atoms with van der Waals surface area (Å²) in [5, 5.41) is 12.4. The molecule has 3 rings (SSSR count). The molecule has 0 heterocycles. The Labute approximate surface area is 207 Å². The lowest BCUT2D eigenvalue weighted by atomic mass is 10.1. The highest BCUT2D eigenvalue weighted by molar-refractivity contribution is 9.10. The molecule has 0 unspecified atom stereocenters. The van der Waals surface area contributed by atoms with Gasteiger partial charge in [0.25, 0.3) is 5.91 Å². The third-order valence-electron chi connectivity index (χ3n) is 4.93. The van der Waals surface area contributed by atoms with Crippen LogP contribution in [-0.4, -0.2) is 12.5 Å². The lowest BCUT2D eigenvalue weighted by molar-refractivity contribution is -0.112. The van der Waals surface area contributed by atoms with Crippen molar-refractivity contribution in [2.75, 3.05) is 11.9 Å². The van der Waals surface area contributed by atoms with Crippen LogP contribution in [0.2, 0.25) is 0 Å². The standard InChI is InChI=1S/C27H24BrFN2O3/c1-3-20-9-5-6-11-24(20)31-27(32)21(16-30)12-19-14-23(28)26(25(15-19)33-4-2)34-17-18-8-7-10-22(29)13-18/h5-15H,3-4,17H2,1-2H3,(H,31,32)/b21-12+. The summed E-state index contributed by atoms with van der Waals surface area (Å²) in [6.07, 6.45) is 2.25. The first-order valence-electron chi connectivity index (χ1n) is 10.8. The SMILES string of the molecule is CCOc1cc(/C=C(\C#N)C(=O)Nc2ccccc2CC)cc(Br)c1OCc1cccc(F)c1. The van der Waals surface area contributed by atoms with E-state index in [9.17, 15) is 14.4 Å². The topological polar surface area (TPSA) is 71.3 Å². The molecule has 34 heavy (non-hydrogen) atoms. The number of carbonyl (C=O) groups is 1.